The Labute approximate surface area is 107 Å². The monoisotopic (exact) mass is 251 g/mol. The number of nitrogens with zero attached hydrogens (tertiary/aromatic N) is 1. The number of ether oxygens (including phenoxy) is 1. The molecule has 0 saturated carbocycles. The molecule has 1 saturated heterocycles. The van der Waals surface area contributed by atoms with Crippen LogP contribution in [0.4, 0.5) is 0 Å². The van der Waals surface area contributed by atoms with E-state index in [4.69, 9.17) is 4.74 Å². The van der Waals surface area contributed by atoms with Crippen molar-refractivity contribution in [3.63, 3.8) is 0 Å². The van der Waals surface area contributed by atoms with Crippen LogP contribution in [-0.2, 0) is 16.0 Å². The Morgan fingerprint density at radius 2 is 2.39 bits per heavy atom. The molecule has 5 heteroatoms. The number of aromatic nitrogens is 2. The molecular formula is C13H21N3O2. The third-order valence-electron chi connectivity index (χ3n) is 3.43. The number of H-pyrrole nitrogens is 1. The number of amides is 1. The normalized spacial score (nSPS) is 19.1. The van der Waals surface area contributed by atoms with Crippen molar-refractivity contribution in [2.45, 2.75) is 45.6 Å². The maximum absolute atomic E-state index is 11.7. The van der Waals surface area contributed by atoms with Crippen molar-refractivity contribution in [1.29, 1.82) is 0 Å². The molecule has 2 N–H and O–H groups in total. The van der Waals surface area contributed by atoms with Crippen molar-refractivity contribution >= 4 is 5.91 Å². The average Bonchev–Trinajstić information content (AvgIpc) is 2.96. The van der Waals surface area contributed by atoms with Gasteiger partial charge in [0.2, 0.25) is 5.91 Å². The Bertz CT molecular complexity index is 389. The molecule has 0 aromatic carbocycles. The fourth-order valence-electron chi connectivity index (χ4n) is 2.30. The quantitative estimate of drug-likeness (QED) is 0.827. The Morgan fingerprint density at radius 1 is 1.56 bits per heavy atom. The van der Waals surface area contributed by atoms with Crippen LogP contribution >= 0.6 is 0 Å². The zero-order valence-electron chi connectivity index (χ0n) is 11.1. The molecule has 18 heavy (non-hydrogen) atoms. The summed E-state index contributed by atoms with van der Waals surface area (Å²) in [5.41, 5.74) is 3.20. The lowest BCUT2D eigenvalue weighted by molar-refractivity contribution is -0.121. The summed E-state index contributed by atoms with van der Waals surface area (Å²) in [6.45, 7) is 5.42. The van der Waals surface area contributed by atoms with E-state index in [-0.39, 0.29) is 12.0 Å². The molecule has 1 aliphatic heterocycles. The van der Waals surface area contributed by atoms with Gasteiger partial charge < -0.3 is 10.1 Å². The summed E-state index contributed by atoms with van der Waals surface area (Å²) in [5, 5.41) is 9.99. The Balaban J connectivity index is 1.71. The molecule has 0 aliphatic carbocycles. The van der Waals surface area contributed by atoms with Gasteiger partial charge in [0.25, 0.3) is 0 Å². The highest BCUT2D eigenvalue weighted by Gasteiger charge is 2.16. The molecule has 100 valence electrons. The number of nitrogens with one attached hydrogen (secondary N) is 2. The second kappa shape index (κ2) is 6.00. The summed E-state index contributed by atoms with van der Waals surface area (Å²) in [7, 11) is 0. The van der Waals surface area contributed by atoms with E-state index >= 15 is 0 Å². The molecule has 0 radical (unpaired) electrons. The van der Waals surface area contributed by atoms with E-state index in [9.17, 15) is 4.79 Å². The van der Waals surface area contributed by atoms with Gasteiger partial charge in [0.15, 0.2) is 0 Å². The molecule has 1 atom stereocenters. The van der Waals surface area contributed by atoms with Crippen molar-refractivity contribution in [2.24, 2.45) is 0 Å². The molecule has 1 fully saturated rings. The summed E-state index contributed by atoms with van der Waals surface area (Å²) in [4.78, 5) is 11.7. The van der Waals surface area contributed by atoms with Crippen molar-refractivity contribution in [2.75, 3.05) is 13.2 Å². The van der Waals surface area contributed by atoms with Gasteiger partial charge in [-0.15, -0.1) is 0 Å². The Hall–Kier alpha value is -1.36. The maximum atomic E-state index is 11.7. The van der Waals surface area contributed by atoms with E-state index in [1.165, 1.54) is 0 Å². The third kappa shape index (κ3) is 3.32. The summed E-state index contributed by atoms with van der Waals surface area (Å²) >= 11 is 0. The van der Waals surface area contributed by atoms with Crippen LogP contribution in [0.5, 0.6) is 0 Å². The van der Waals surface area contributed by atoms with E-state index in [0.29, 0.717) is 13.0 Å². The molecule has 5 nitrogen and oxygen atoms in total. The second-order valence-corrected chi connectivity index (χ2v) is 4.85. The number of aryl methyl sites for hydroxylation is 2. The number of hydrogen-bond acceptors (Lipinski definition) is 3. The lowest BCUT2D eigenvalue weighted by Crippen LogP contribution is -2.31. The first-order valence-electron chi connectivity index (χ1n) is 6.55. The van der Waals surface area contributed by atoms with Gasteiger partial charge in [-0.25, -0.2) is 0 Å². The van der Waals surface area contributed by atoms with E-state index in [1.807, 2.05) is 13.8 Å². The molecule has 1 aromatic heterocycles. The van der Waals surface area contributed by atoms with E-state index in [2.05, 4.69) is 15.5 Å². The molecule has 1 aromatic rings. The SMILES string of the molecule is Cc1n[nH]c(C)c1CCC(=O)NCC1CCCO1. The maximum Gasteiger partial charge on any atom is 0.220 e. The van der Waals surface area contributed by atoms with Gasteiger partial charge in [0.1, 0.15) is 0 Å². The van der Waals surface area contributed by atoms with Crippen LogP contribution in [-0.4, -0.2) is 35.4 Å². The molecule has 1 aliphatic rings. The summed E-state index contributed by atoms with van der Waals surface area (Å²) in [6.07, 6.45) is 3.62. The fraction of sp³-hybridized carbons (Fsp3) is 0.692. The molecule has 2 rings (SSSR count). The van der Waals surface area contributed by atoms with Crippen molar-refractivity contribution < 1.29 is 9.53 Å². The molecule has 0 spiro atoms. The topological polar surface area (TPSA) is 67.0 Å². The summed E-state index contributed by atoms with van der Waals surface area (Å²) < 4.78 is 5.46. The smallest absolute Gasteiger partial charge is 0.220 e. The highest BCUT2D eigenvalue weighted by atomic mass is 16.5. The van der Waals surface area contributed by atoms with E-state index < -0.39 is 0 Å². The highest BCUT2D eigenvalue weighted by molar-refractivity contribution is 5.76. The van der Waals surface area contributed by atoms with Crippen molar-refractivity contribution in [3.8, 4) is 0 Å². The lowest BCUT2D eigenvalue weighted by Gasteiger charge is -2.10. The van der Waals surface area contributed by atoms with Crippen LogP contribution in [0, 0.1) is 13.8 Å². The van der Waals surface area contributed by atoms with Crippen LogP contribution in [0.25, 0.3) is 0 Å². The average molecular weight is 251 g/mol. The Kier molecular flexibility index (Phi) is 4.36. The molecular weight excluding hydrogens is 230 g/mol. The van der Waals surface area contributed by atoms with Crippen LogP contribution in [0.2, 0.25) is 0 Å². The van der Waals surface area contributed by atoms with Gasteiger partial charge >= 0.3 is 0 Å². The number of aromatic amines is 1. The fourth-order valence-corrected chi connectivity index (χ4v) is 2.30. The van der Waals surface area contributed by atoms with Gasteiger partial charge in [0, 0.05) is 25.3 Å². The van der Waals surface area contributed by atoms with Gasteiger partial charge in [-0.3, -0.25) is 9.89 Å². The first kappa shape index (κ1) is 13.1. The standard InChI is InChI=1S/C13H21N3O2/c1-9-12(10(2)16-15-9)5-6-13(17)14-8-11-4-3-7-18-11/h11H,3-8H2,1-2H3,(H,14,17)(H,15,16). The zero-order valence-corrected chi connectivity index (χ0v) is 11.1. The van der Waals surface area contributed by atoms with Crippen molar-refractivity contribution in [3.05, 3.63) is 17.0 Å². The van der Waals surface area contributed by atoms with Gasteiger partial charge in [-0.05, 0) is 38.7 Å². The minimum absolute atomic E-state index is 0.0884. The van der Waals surface area contributed by atoms with Gasteiger partial charge in [-0.1, -0.05) is 0 Å². The summed E-state index contributed by atoms with van der Waals surface area (Å²) in [5.74, 6) is 0.0884. The molecule has 2 heterocycles. The first-order valence-corrected chi connectivity index (χ1v) is 6.55. The predicted octanol–water partition coefficient (Wildman–Crippen LogP) is 1.25. The summed E-state index contributed by atoms with van der Waals surface area (Å²) in [6, 6.07) is 0. The number of rotatable bonds is 5. The lowest BCUT2D eigenvalue weighted by atomic mass is 10.1. The molecule has 1 unspecified atom stereocenters. The minimum atomic E-state index is 0.0884. The van der Waals surface area contributed by atoms with Crippen molar-refractivity contribution in [1.82, 2.24) is 15.5 Å². The Morgan fingerprint density at radius 3 is 3.00 bits per heavy atom. The van der Waals surface area contributed by atoms with Crippen LogP contribution < -0.4 is 5.32 Å². The van der Waals surface area contributed by atoms with Gasteiger partial charge in [-0.2, -0.15) is 5.10 Å². The van der Waals surface area contributed by atoms with Crippen LogP contribution in [0.15, 0.2) is 0 Å². The number of carbonyl (C=O) groups excluding carboxylic acids is 1. The van der Waals surface area contributed by atoms with Gasteiger partial charge in [0.05, 0.1) is 11.8 Å². The first-order chi connectivity index (χ1) is 8.66. The highest BCUT2D eigenvalue weighted by Crippen LogP contribution is 2.12. The predicted molar refractivity (Wildman–Crippen MR) is 68.4 cm³/mol. The van der Waals surface area contributed by atoms with E-state index in [1.54, 1.807) is 0 Å². The van der Waals surface area contributed by atoms with Crippen LogP contribution in [0.3, 0.4) is 0 Å². The van der Waals surface area contributed by atoms with E-state index in [0.717, 1.165) is 42.8 Å². The molecule has 0 bridgehead atoms. The second-order valence-electron chi connectivity index (χ2n) is 4.85. The molecule has 1 amide bonds. The number of carbonyl (C=O) groups is 1. The third-order valence-corrected chi connectivity index (χ3v) is 3.43. The largest absolute Gasteiger partial charge is 0.376 e. The van der Waals surface area contributed by atoms with Crippen LogP contribution in [0.1, 0.15) is 36.2 Å². The zero-order chi connectivity index (χ0) is 13.0. The minimum Gasteiger partial charge on any atom is -0.376 e. The number of hydrogen-bond donors (Lipinski definition) is 2.